The van der Waals surface area contributed by atoms with E-state index >= 15 is 0 Å². The highest BCUT2D eigenvalue weighted by molar-refractivity contribution is 7.90. The van der Waals surface area contributed by atoms with E-state index in [4.69, 9.17) is 19.6 Å². The van der Waals surface area contributed by atoms with E-state index in [1.54, 1.807) is 23.8 Å². The fraction of sp³-hybridized carbons (Fsp3) is 0.412. The van der Waals surface area contributed by atoms with Crippen molar-refractivity contribution in [1.29, 1.82) is 0 Å². The zero-order valence-corrected chi connectivity index (χ0v) is 27.1. The molecule has 5 aromatic rings. The fourth-order valence-electron chi connectivity index (χ4n) is 8.14. The number of hydrogen-bond acceptors (Lipinski definition) is 9. The number of nitrogens with zero attached hydrogens (tertiary/aromatic N) is 5. The number of anilines is 1. The van der Waals surface area contributed by atoms with Gasteiger partial charge >= 0.3 is 5.97 Å². The maximum atomic E-state index is 14.7. The first kappa shape index (κ1) is 30.0. The molecule has 6 atom stereocenters. The van der Waals surface area contributed by atoms with E-state index in [0.29, 0.717) is 41.3 Å². The Balaban J connectivity index is 1.29. The smallest absolute Gasteiger partial charge is 0.311 e. The normalized spacial score (nSPS) is 24.9. The lowest BCUT2D eigenvalue weighted by Gasteiger charge is -2.47. The molecule has 1 N–H and O–H groups in total. The predicted molar refractivity (Wildman–Crippen MR) is 171 cm³/mol. The Morgan fingerprint density at radius 2 is 1.85 bits per heavy atom. The molecule has 4 aliphatic carbocycles. The van der Waals surface area contributed by atoms with E-state index in [2.05, 4.69) is 10.3 Å². The van der Waals surface area contributed by atoms with Gasteiger partial charge in [-0.3, -0.25) is 4.79 Å². The molecule has 4 heterocycles. The average Bonchev–Trinajstić information content (AvgIpc) is 3.66. The molecule has 9 rings (SSSR count). The Labute approximate surface area is 271 Å². The number of rotatable bonds is 9. The number of carbonyl (C=O) groups is 1. The molecular formula is C34H35FN6O5S. The van der Waals surface area contributed by atoms with Crippen molar-refractivity contribution >= 4 is 38.4 Å². The van der Waals surface area contributed by atoms with Gasteiger partial charge in [-0.05, 0) is 87.1 Å². The van der Waals surface area contributed by atoms with E-state index in [9.17, 15) is 17.6 Å². The van der Waals surface area contributed by atoms with Crippen molar-refractivity contribution < 1.29 is 27.1 Å². The van der Waals surface area contributed by atoms with Gasteiger partial charge in [0.1, 0.15) is 11.3 Å². The molecule has 4 fully saturated rings. The minimum atomic E-state index is -4.11. The molecule has 0 radical (unpaired) electrons. The SMILES string of the molecule is CCOC(=O)[C@@H]1[C@@H](Nc2nc(-c3cn(S(=O)(=O)c4ccc(C)cc4)c4ncc(F)cc34)nn3c(COC)ccc23)[C@@H]2CC[C@H]1C1CC12. The molecule has 13 heteroatoms. The van der Waals surface area contributed by atoms with Gasteiger partial charge in [-0.15, -0.1) is 5.10 Å². The third-order valence-corrected chi connectivity index (χ3v) is 11.9. The van der Waals surface area contributed by atoms with Gasteiger partial charge < -0.3 is 14.8 Å². The van der Waals surface area contributed by atoms with Crippen LogP contribution >= 0.6 is 0 Å². The highest BCUT2D eigenvalue weighted by Gasteiger charge is 2.63. The molecule has 1 aromatic carbocycles. The standard InChI is InChI=1S/C34H35FN6O5S/c1-4-46-34(42)29-22-10-11-23(25-14-24(22)25)30(29)37-32-28-12-7-20(17-45-3)41(28)39-31(38-32)27-16-40(33-26(27)13-19(35)15-36-33)47(43,44)21-8-5-18(2)6-9-21/h5-9,12-13,15-16,22-25,29-30H,4,10-11,14,17H2,1-3H3,(H,37,38,39)/t22-,23+,24?,25?,29-,30-/m0/s1. The minimum Gasteiger partial charge on any atom is -0.466 e. The van der Waals surface area contributed by atoms with E-state index in [-0.39, 0.29) is 52.2 Å². The molecule has 4 saturated carbocycles. The highest BCUT2D eigenvalue weighted by Crippen LogP contribution is 2.64. The summed E-state index contributed by atoms with van der Waals surface area (Å²) in [4.78, 5) is 22.6. The number of aromatic nitrogens is 5. The Kier molecular flexibility index (Phi) is 7.10. The van der Waals surface area contributed by atoms with Crippen molar-refractivity contribution in [2.24, 2.45) is 29.6 Å². The zero-order valence-electron chi connectivity index (χ0n) is 26.3. The van der Waals surface area contributed by atoms with Crippen molar-refractivity contribution in [3.63, 3.8) is 0 Å². The van der Waals surface area contributed by atoms with E-state index in [1.807, 2.05) is 26.0 Å². The summed E-state index contributed by atoms with van der Waals surface area (Å²) in [5.74, 6) is 1.24. The Morgan fingerprint density at radius 3 is 2.62 bits per heavy atom. The Morgan fingerprint density at radius 1 is 1.09 bits per heavy atom. The second-order valence-corrected chi connectivity index (χ2v) is 14.8. The second-order valence-electron chi connectivity index (χ2n) is 12.9. The maximum Gasteiger partial charge on any atom is 0.311 e. The highest BCUT2D eigenvalue weighted by atomic mass is 32.2. The third-order valence-electron chi connectivity index (χ3n) is 10.3. The van der Waals surface area contributed by atoms with Crippen molar-refractivity contribution in [3.8, 4) is 11.4 Å². The quantitative estimate of drug-likeness (QED) is 0.212. The van der Waals surface area contributed by atoms with Gasteiger partial charge in [0, 0.05) is 30.3 Å². The Bertz CT molecular complexity index is 2150. The van der Waals surface area contributed by atoms with Gasteiger partial charge in [0.05, 0.1) is 35.9 Å². The number of nitrogens with one attached hydrogen (secondary N) is 1. The molecule has 11 nitrogen and oxygen atoms in total. The topological polar surface area (TPSA) is 130 Å². The summed E-state index contributed by atoms with van der Waals surface area (Å²) in [5, 5.41) is 8.74. The van der Waals surface area contributed by atoms with Gasteiger partial charge in [-0.25, -0.2) is 31.3 Å². The van der Waals surface area contributed by atoms with E-state index in [0.717, 1.165) is 40.7 Å². The van der Waals surface area contributed by atoms with Crippen LogP contribution in [0.4, 0.5) is 10.2 Å². The molecule has 0 aliphatic heterocycles. The second kappa shape index (κ2) is 11.1. The molecule has 0 amide bonds. The number of fused-ring (bicyclic) bond motifs is 4. The molecule has 244 valence electrons. The van der Waals surface area contributed by atoms with E-state index < -0.39 is 15.8 Å². The van der Waals surface area contributed by atoms with Crippen molar-refractivity contribution in [2.45, 2.75) is 50.7 Å². The molecule has 4 aliphatic rings. The Hall–Kier alpha value is -4.36. The summed E-state index contributed by atoms with van der Waals surface area (Å²) in [6.07, 6.45) is 5.55. The number of benzene rings is 1. The number of aryl methyl sites for hydroxylation is 1. The van der Waals surface area contributed by atoms with Crippen LogP contribution in [0.3, 0.4) is 0 Å². The molecular weight excluding hydrogens is 623 g/mol. The van der Waals surface area contributed by atoms with Gasteiger partial charge in [-0.1, -0.05) is 17.7 Å². The van der Waals surface area contributed by atoms with Crippen LogP contribution in [0.25, 0.3) is 27.9 Å². The number of methoxy groups -OCH3 is 1. The van der Waals surface area contributed by atoms with Gasteiger partial charge in [0.25, 0.3) is 10.0 Å². The van der Waals surface area contributed by atoms with Crippen LogP contribution < -0.4 is 5.32 Å². The number of hydrogen-bond donors (Lipinski definition) is 1. The van der Waals surface area contributed by atoms with Gasteiger partial charge in [-0.2, -0.15) is 0 Å². The van der Waals surface area contributed by atoms with Crippen molar-refractivity contribution in [1.82, 2.24) is 23.6 Å². The van der Waals surface area contributed by atoms with Crippen molar-refractivity contribution in [3.05, 3.63) is 71.9 Å². The lowest BCUT2D eigenvalue weighted by molar-refractivity contribution is -0.155. The summed E-state index contributed by atoms with van der Waals surface area (Å²) in [6, 6.07) is 11.3. The van der Waals surface area contributed by atoms with Gasteiger partial charge in [0.2, 0.25) is 0 Å². The molecule has 0 spiro atoms. The van der Waals surface area contributed by atoms with Gasteiger partial charge in [0.15, 0.2) is 17.3 Å². The van der Waals surface area contributed by atoms with Crippen LogP contribution in [0.5, 0.6) is 0 Å². The first-order valence-corrected chi connectivity index (χ1v) is 17.4. The van der Waals surface area contributed by atoms with Crippen LogP contribution in [0.2, 0.25) is 0 Å². The maximum absolute atomic E-state index is 14.7. The van der Waals surface area contributed by atoms with Crippen LogP contribution in [0.15, 0.2) is 59.8 Å². The molecule has 4 aromatic heterocycles. The van der Waals surface area contributed by atoms with Crippen LogP contribution in [0.1, 0.15) is 37.4 Å². The summed E-state index contributed by atoms with van der Waals surface area (Å²) in [7, 11) is -2.52. The van der Waals surface area contributed by atoms with Crippen LogP contribution in [-0.4, -0.2) is 57.7 Å². The average molecular weight is 659 g/mol. The number of pyridine rings is 1. The largest absolute Gasteiger partial charge is 0.466 e. The molecule has 2 bridgehead atoms. The predicted octanol–water partition coefficient (Wildman–Crippen LogP) is 5.21. The minimum absolute atomic E-state index is 0.0524. The lowest BCUT2D eigenvalue weighted by Crippen LogP contribution is -2.53. The summed E-state index contributed by atoms with van der Waals surface area (Å²) in [6.45, 7) is 4.27. The number of ether oxygens (including phenoxy) is 2. The first-order valence-electron chi connectivity index (χ1n) is 16.0. The first-order chi connectivity index (χ1) is 22.7. The summed E-state index contributed by atoms with van der Waals surface area (Å²) in [5.41, 5.74) is 2.67. The van der Waals surface area contributed by atoms with E-state index in [1.165, 1.54) is 24.4 Å². The molecule has 0 saturated heterocycles. The van der Waals surface area contributed by atoms with Crippen molar-refractivity contribution in [2.75, 3.05) is 19.0 Å². The number of halogens is 1. The fourth-order valence-corrected chi connectivity index (χ4v) is 9.46. The summed E-state index contributed by atoms with van der Waals surface area (Å²) >= 11 is 0. The number of esters is 1. The molecule has 2 unspecified atom stereocenters. The summed E-state index contributed by atoms with van der Waals surface area (Å²) < 4.78 is 56.3. The lowest BCUT2D eigenvalue weighted by atomic mass is 9.61. The zero-order chi connectivity index (χ0) is 32.6. The molecule has 47 heavy (non-hydrogen) atoms. The number of carbonyl (C=O) groups excluding carboxylic acids is 1. The third kappa shape index (κ3) is 4.81. The van der Waals surface area contributed by atoms with Crippen LogP contribution in [-0.2, 0) is 30.9 Å². The van der Waals surface area contributed by atoms with Crippen LogP contribution in [0, 0.1) is 42.3 Å². The monoisotopic (exact) mass is 658 g/mol.